The molecule has 2 N–H and O–H groups in total. The second-order valence-electron chi connectivity index (χ2n) is 4.89. The fourth-order valence-electron chi connectivity index (χ4n) is 2.24. The second-order valence-corrected chi connectivity index (χ2v) is 4.89. The van der Waals surface area contributed by atoms with Gasteiger partial charge in [-0.25, -0.2) is 4.98 Å². The zero-order chi connectivity index (χ0) is 14.0. The molecule has 0 aliphatic heterocycles. The van der Waals surface area contributed by atoms with Gasteiger partial charge in [-0.05, 0) is 37.0 Å². The molecule has 1 aliphatic carbocycles. The molecule has 3 nitrogen and oxygen atoms in total. The van der Waals surface area contributed by atoms with Crippen molar-refractivity contribution in [3.8, 4) is 6.07 Å². The Morgan fingerprint density at radius 3 is 2.84 bits per heavy atom. The molecule has 0 spiro atoms. The summed E-state index contributed by atoms with van der Waals surface area (Å²) < 4.78 is 0. The van der Waals surface area contributed by atoms with E-state index in [-0.39, 0.29) is 5.92 Å². The highest BCUT2D eigenvalue weighted by Gasteiger charge is 2.18. The van der Waals surface area contributed by atoms with Crippen LogP contribution in [0.1, 0.15) is 31.5 Å². The van der Waals surface area contributed by atoms with E-state index < -0.39 is 0 Å². The number of nitrogen functional groups attached to an aromatic ring is 1. The lowest BCUT2D eigenvalue weighted by Crippen LogP contribution is -2.06. The van der Waals surface area contributed by atoms with Crippen molar-refractivity contribution in [1.29, 1.82) is 5.26 Å². The molecule has 0 amide bonds. The Bertz CT molecular complexity index is 630. The van der Waals surface area contributed by atoms with Gasteiger partial charge in [-0.15, -0.1) is 0 Å². The van der Waals surface area contributed by atoms with Crippen molar-refractivity contribution in [2.45, 2.75) is 20.3 Å². The molecule has 0 aromatic carbocycles. The molecular weight excluding hydrogens is 234 g/mol. The summed E-state index contributed by atoms with van der Waals surface area (Å²) in [5.74, 6) is 0.690. The predicted octanol–water partition coefficient (Wildman–Crippen LogP) is 3.57. The van der Waals surface area contributed by atoms with E-state index in [4.69, 9.17) is 5.73 Å². The molecule has 1 aromatic rings. The number of nitrogens with two attached hydrogens (primary N) is 1. The first kappa shape index (κ1) is 13.1. The quantitative estimate of drug-likeness (QED) is 0.874. The molecule has 0 saturated carbocycles. The van der Waals surface area contributed by atoms with Gasteiger partial charge in [-0.3, -0.25) is 0 Å². The summed E-state index contributed by atoms with van der Waals surface area (Å²) >= 11 is 0. The van der Waals surface area contributed by atoms with E-state index in [0.717, 1.165) is 34.4 Å². The summed E-state index contributed by atoms with van der Waals surface area (Å²) in [4.78, 5) is 4.41. The molecule has 1 unspecified atom stereocenters. The highest BCUT2D eigenvalue weighted by molar-refractivity contribution is 5.81. The van der Waals surface area contributed by atoms with E-state index in [1.807, 2.05) is 32.1 Å². The Labute approximate surface area is 113 Å². The number of anilines is 1. The average Bonchev–Trinajstić information content (AvgIpc) is 2.37. The summed E-state index contributed by atoms with van der Waals surface area (Å²) in [6.45, 7) is 7.82. The van der Waals surface area contributed by atoms with Gasteiger partial charge >= 0.3 is 0 Å². The van der Waals surface area contributed by atoms with Gasteiger partial charge in [0.2, 0.25) is 0 Å². The number of nitriles is 1. The van der Waals surface area contributed by atoms with Crippen LogP contribution in [0.3, 0.4) is 0 Å². The first-order valence-corrected chi connectivity index (χ1v) is 6.28. The first-order chi connectivity index (χ1) is 9.04. The molecule has 0 fully saturated rings. The number of rotatable bonds is 2. The highest BCUT2D eigenvalue weighted by atomic mass is 14.8. The largest absolute Gasteiger partial charge is 0.383 e. The molecule has 19 heavy (non-hydrogen) atoms. The van der Waals surface area contributed by atoms with E-state index in [1.165, 1.54) is 0 Å². The topological polar surface area (TPSA) is 62.7 Å². The predicted molar refractivity (Wildman–Crippen MR) is 78.8 cm³/mol. The van der Waals surface area contributed by atoms with Gasteiger partial charge in [0.15, 0.2) is 0 Å². The number of aromatic nitrogens is 1. The molecule has 2 rings (SSSR count). The summed E-state index contributed by atoms with van der Waals surface area (Å²) in [7, 11) is 0. The Hall–Kier alpha value is -2.34. The third-order valence-electron chi connectivity index (χ3n) is 3.34. The van der Waals surface area contributed by atoms with Gasteiger partial charge in [-0.1, -0.05) is 25.7 Å². The van der Waals surface area contributed by atoms with E-state index in [2.05, 4.69) is 23.7 Å². The van der Waals surface area contributed by atoms with Crippen LogP contribution in [0.5, 0.6) is 0 Å². The van der Waals surface area contributed by atoms with Crippen molar-refractivity contribution in [1.82, 2.24) is 4.98 Å². The van der Waals surface area contributed by atoms with Gasteiger partial charge in [0.05, 0.1) is 11.8 Å². The minimum atomic E-state index is 0.230. The van der Waals surface area contributed by atoms with Crippen molar-refractivity contribution in [2.75, 3.05) is 5.73 Å². The SMILES string of the molecule is C=C(C)c1ccc(C2=C(C#N)C(C)CC=C2)nc1N. The van der Waals surface area contributed by atoms with Crippen molar-refractivity contribution in [3.05, 3.63) is 47.7 Å². The fraction of sp³-hybridized carbons (Fsp3) is 0.250. The van der Waals surface area contributed by atoms with Gasteiger partial charge in [0.25, 0.3) is 0 Å². The molecule has 0 radical (unpaired) electrons. The third kappa shape index (κ3) is 2.43. The third-order valence-corrected chi connectivity index (χ3v) is 3.34. The van der Waals surface area contributed by atoms with E-state index in [1.54, 1.807) is 0 Å². The van der Waals surface area contributed by atoms with Crippen molar-refractivity contribution in [3.63, 3.8) is 0 Å². The molecule has 1 aliphatic rings. The van der Waals surface area contributed by atoms with E-state index in [9.17, 15) is 5.26 Å². The van der Waals surface area contributed by atoms with Crippen LogP contribution >= 0.6 is 0 Å². The van der Waals surface area contributed by atoms with Crippen LogP contribution in [0.2, 0.25) is 0 Å². The maximum atomic E-state index is 9.29. The zero-order valence-electron chi connectivity index (χ0n) is 11.3. The summed E-state index contributed by atoms with van der Waals surface area (Å²) in [5.41, 5.74) is 10.1. The molecular formula is C16H17N3. The second kappa shape index (κ2) is 5.11. The Morgan fingerprint density at radius 2 is 2.26 bits per heavy atom. The molecule has 0 saturated heterocycles. The lowest BCUT2D eigenvalue weighted by Gasteiger charge is -2.17. The number of pyridine rings is 1. The van der Waals surface area contributed by atoms with Crippen molar-refractivity contribution >= 4 is 17.0 Å². The number of allylic oxidation sites excluding steroid dienone is 5. The first-order valence-electron chi connectivity index (χ1n) is 6.28. The van der Waals surface area contributed by atoms with Crippen molar-refractivity contribution in [2.24, 2.45) is 5.92 Å². The van der Waals surface area contributed by atoms with Gasteiger partial charge in [0.1, 0.15) is 5.82 Å². The monoisotopic (exact) mass is 251 g/mol. The number of hydrogen-bond acceptors (Lipinski definition) is 3. The van der Waals surface area contributed by atoms with E-state index >= 15 is 0 Å². The summed E-state index contributed by atoms with van der Waals surface area (Å²) in [5, 5.41) is 9.29. The fourth-order valence-corrected chi connectivity index (χ4v) is 2.24. The lowest BCUT2D eigenvalue weighted by molar-refractivity contribution is 0.710. The Morgan fingerprint density at radius 1 is 1.53 bits per heavy atom. The van der Waals surface area contributed by atoms with Crippen LogP contribution in [-0.2, 0) is 0 Å². The van der Waals surface area contributed by atoms with Gasteiger partial charge in [-0.2, -0.15) is 5.26 Å². The highest BCUT2D eigenvalue weighted by Crippen LogP contribution is 2.31. The minimum Gasteiger partial charge on any atom is -0.383 e. The molecule has 1 atom stereocenters. The molecule has 96 valence electrons. The maximum absolute atomic E-state index is 9.29. The molecule has 0 bridgehead atoms. The van der Waals surface area contributed by atoms with Crippen LogP contribution in [0, 0.1) is 17.2 Å². The van der Waals surface area contributed by atoms with Crippen LogP contribution in [-0.4, -0.2) is 4.98 Å². The van der Waals surface area contributed by atoms with Crippen LogP contribution in [0.4, 0.5) is 5.82 Å². The molecule has 3 heteroatoms. The number of nitrogens with zero attached hydrogens (tertiary/aromatic N) is 2. The van der Waals surface area contributed by atoms with Gasteiger partial charge < -0.3 is 5.73 Å². The maximum Gasteiger partial charge on any atom is 0.131 e. The van der Waals surface area contributed by atoms with Gasteiger partial charge in [0, 0.05) is 16.7 Å². The minimum absolute atomic E-state index is 0.230. The zero-order valence-corrected chi connectivity index (χ0v) is 11.3. The van der Waals surface area contributed by atoms with Crippen LogP contribution in [0.15, 0.2) is 36.4 Å². The van der Waals surface area contributed by atoms with E-state index in [0.29, 0.717) is 5.82 Å². The Balaban J connectivity index is 2.54. The lowest BCUT2D eigenvalue weighted by atomic mass is 9.87. The molecule has 1 aromatic heterocycles. The van der Waals surface area contributed by atoms with Crippen molar-refractivity contribution < 1.29 is 0 Å². The summed E-state index contributed by atoms with van der Waals surface area (Å²) in [6.07, 6.45) is 4.93. The summed E-state index contributed by atoms with van der Waals surface area (Å²) in [6, 6.07) is 6.10. The van der Waals surface area contributed by atoms with Crippen LogP contribution < -0.4 is 5.73 Å². The van der Waals surface area contributed by atoms with Crippen LogP contribution in [0.25, 0.3) is 11.1 Å². The Kier molecular flexibility index (Phi) is 3.52. The average molecular weight is 251 g/mol. The smallest absolute Gasteiger partial charge is 0.131 e. The normalized spacial score (nSPS) is 18.3. The molecule has 1 heterocycles. The number of hydrogen-bond donors (Lipinski definition) is 1. The standard InChI is InChI=1S/C16H17N3/c1-10(2)12-7-8-15(19-16(12)18)13-6-4-5-11(3)14(13)9-17/h4,6-8,11H,1,5H2,2-3H3,(H2,18,19).